The van der Waals surface area contributed by atoms with Gasteiger partial charge in [-0.2, -0.15) is 10.2 Å². The number of hydrogen-bond acceptors (Lipinski definition) is 12. The van der Waals surface area contributed by atoms with Gasteiger partial charge in [0.25, 0.3) is 0 Å². The SMILES string of the molecule is COCCCC(=O)c1cccc(-n2ncc3c2C=C2CC[C@@H]4[C@H]([C@@H](O)C[C@@]5(C)[C@H]4CC[C@]5(O)C(=O)O)[C@@]2(C)C3)c1.COCCCC(=O)c1cccc(-n2ncc3c2C=C2CC[C@@H]4[C@H]([C@@H](O)C[C@@]5(C)[C@H]4CC[C@]5(O)C(=O)S)[C@@]2(C)C3)c1. The third-order valence-corrected chi connectivity index (χ3v) is 22.6. The largest absolute Gasteiger partial charge is 0.479 e. The second-order valence-electron chi connectivity index (χ2n) is 26.1. The normalized spacial score (nSPS) is 36.2. The van der Waals surface area contributed by atoms with Gasteiger partial charge in [-0.15, -0.1) is 12.6 Å². The van der Waals surface area contributed by atoms with Gasteiger partial charge < -0.3 is 35.0 Å². The number of methoxy groups -OCH3 is 2. The van der Waals surface area contributed by atoms with Crippen LogP contribution in [0.3, 0.4) is 0 Å². The van der Waals surface area contributed by atoms with Crippen molar-refractivity contribution in [1.82, 2.24) is 19.6 Å². The summed E-state index contributed by atoms with van der Waals surface area (Å²) in [6, 6.07) is 15.3. The van der Waals surface area contributed by atoms with E-state index in [0.29, 0.717) is 75.7 Å². The minimum atomic E-state index is -1.79. The molecule has 2 aromatic carbocycles. The number of ether oxygens (including phenoxy) is 2. The van der Waals surface area contributed by atoms with E-state index in [1.165, 1.54) is 11.1 Å². The van der Waals surface area contributed by atoms with Crippen molar-refractivity contribution in [3.8, 4) is 11.4 Å². The molecule has 0 bridgehead atoms. The Labute approximate surface area is 474 Å². The fourth-order valence-electron chi connectivity index (χ4n) is 18.2. The summed E-state index contributed by atoms with van der Waals surface area (Å²) in [7, 11) is 3.28. The number of aliphatic hydroxyl groups excluding tert-OH is 2. The molecule has 2 heterocycles. The molecule has 0 radical (unpaired) electrons. The lowest BCUT2D eigenvalue weighted by Gasteiger charge is -2.60. The van der Waals surface area contributed by atoms with Crippen LogP contribution in [0.15, 0.2) is 72.1 Å². The Morgan fingerprint density at radius 2 is 1.07 bits per heavy atom. The first-order chi connectivity index (χ1) is 38.1. The van der Waals surface area contributed by atoms with Gasteiger partial charge in [0.1, 0.15) is 5.60 Å². The highest BCUT2D eigenvalue weighted by Gasteiger charge is 2.70. The number of aliphatic carboxylic acids is 1. The lowest BCUT2D eigenvalue weighted by molar-refractivity contribution is -0.193. The highest BCUT2D eigenvalue weighted by Crippen LogP contribution is 2.69. The highest BCUT2D eigenvalue weighted by atomic mass is 32.1. The van der Waals surface area contributed by atoms with Crippen molar-refractivity contribution in [2.24, 2.45) is 57.2 Å². The Hall–Kier alpha value is -5.07. The van der Waals surface area contributed by atoms with Gasteiger partial charge >= 0.3 is 5.97 Å². The van der Waals surface area contributed by atoms with E-state index in [1.54, 1.807) is 14.2 Å². The van der Waals surface area contributed by atoms with E-state index >= 15 is 0 Å². The smallest absolute Gasteiger partial charge is 0.336 e. The number of aliphatic hydroxyl groups is 4. The molecule has 0 spiro atoms. The highest BCUT2D eigenvalue weighted by molar-refractivity contribution is 7.96. The van der Waals surface area contributed by atoms with Crippen molar-refractivity contribution in [3.63, 3.8) is 0 Å². The molecule has 0 unspecified atom stereocenters. The number of hydrogen-bond donors (Lipinski definition) is 6. The average molecular weight is 1110 g/mol. The zero-order chi connectivity index (χ0) is 56.9. The molecular formula is C64H80N4O11S. The van der Waals surface area contributed by atoms with Gasteiger partial charge in [0.15, 0.2) is 17.2 Å². The number of allylic oxidation sites excluding steroid dienone is 2. The molecule has 6 saturated carbocycles. The number of Topliss-reactive ketones (excluding diaryl/α,β-unsaturated/α-hetero) is 2. The van der Waals surface area contributed by atoms with Crippen LogP contribution in [0, 0.1) is 57.2 Å². The summed E-state index contributed by atoms with van der Waals surface area (Å²) in [5.41, 5.74) is 4.71. The maximum Gasteiger partial charge on any atom is 0.336 e. The monoisotopic (exact) mass is 1110 g/mol. The second kappa shape index (κ2) is 21.0. The van der Waals surface area contributed by atoms with Crippen LogP contribution in [-0.2, 0) is 31.9 Å². The minimum absolute atomic E-state index is 0.00808. The molecule has 6 fully saturated rings. The molecule has 15 nitrogen and oxygen atoms in total. The fraction of sp³-hybridized carbons (Fsp3) is 0.594. The maximum absolute atomic E-state index is 12.7. The van der Waals surface area contributed by atoms with Crippen LogP contribution in [0.5, 0.6) is 0 Å². The van der Waals surface area contributed by atoms with Crippen molar-refractivity contribution in [3.05, 3.63) is 106 Å². The third-order valence-electron chi connectivity index (χ3n) is 22.2. The molecule has 16 heteroatoms. The number of thiol groups is 1. The van der Waals surface area contributed by atoms with Crippen LogP contribution >= 0.6 is 12.6 Å². The van der Waals surface area contributed by atoms with E-state index in [0.717, 1.165) is 78.8 Å². The number of carbonyl (C=O) groups is 4. The van der Waals surface area contributed by atoms with Crippen molar-refractivity contribution in [2.45, 2.75) is 154 Å². The fourth-order valence-corrected chi connectivity index (χ4v) is 18.5. The van der Waals surface area contributed by atoms with Crippen LogP contribution in [0.4, 0.5) is 0 Å². The summed E-state index contributed by atoms with van der Waals surface area (Å²) in [4.78, 5) is 50.1. The summed E-state index contributed by atoms with van der Waals surface area (Å²) < 4.78 is 14.0. The molecule has 428 valence electrons. The minimum Gasteiger partial charge on any atom is -0.479 e. The van der Waals surface area contributed by atoms with Crippen LogP contribution in [0.25, 0.3) is 23.5 Å². The zero-order valence-electron chi connectivity index (χ0n) is 47.2. The predicted molar refractivity (Wildman–Crippen MR) is 304 cm³/mol. The molecule has 8 aliphatic rings. The number of carboxylic acid groups (broad SMARTS) is 1. The van der Waals surface area contributed by atoms with E-state index in [1.807, 2.05) is 84.1 Å². The molecule has 4 aromatic rings. The Morgan fingerprint density at radius 3 is 1.49 bits per heavy atom. The van der Waals surface area contributed by atoms with Gasteiger partial charge in [0, 0.05) is 62.2 Å². The van der Waals surface area contributed by atoms with Gasteiger partial charge in [0.05, 0.1) is 47.4 Å². The van der Waals surface area contributed by atoms with Crippen molar-refractivity contribution in [1.29, 1.82) is 0 Å². The molecule has 80 heavy (non-hydrogen) atoms. The van der Waals surface area contributed by atoms with E-state index in [9.17, 15) is 44.7 Å². The number of nitrogens with zero attached hydrogens (tertiary/aromatic N) is 4. The Morgan fingerprint density at radius 1 is 0.650 bits per heavy atom. The maximum atomic E-state index is 12.7. The van der Waals surface area contributed by atoms with Gasteiger partial charge in [-0.1, -0.05) is 63.1 Å². The molecular weight excluding hydrogens is 1030 g/mol. The molecule has 2 aromatic heterocycles. The molecule has 8 aliphatic carbocycles. The Balaban J connectivity index is 0.000000169. The number of benzene rings is 2. The second-order valence-corrected chi connectivity index (χ2v) is 26.5. The number of fused-ring (bicyclic) bond motifs is 12. The Bertz CT molecular complexity index is 2970. The van der Waals surface area contributed by atoms with Gasteiger partial charge in [-0.25, -0.2) is 14.2 Å². The topological polar surface area (TPSA) is 224 Å². The van der Waals surface area contributed by atoms with Crippen molar-refractivity contribution < 1.29 is 54.2 Å². The van der Waals surface area contributed by atoms with Gasteiger partial charge in [0.2, 0.25) is 5.12 Å². The van der Waals surface area contributed by atoms with Gasteiger partial charge in [-0.05, 0) is 184 Å². The molecule has 5 N–H and O–H groups in total. The van der Waals surface area contributed by atoms with Crippen LogP contribution in [-0.4, -0.2) is 119 Å². The molecule has 0 saturated heterocycles. The zero-order valence-corrected chi connectivity index (χ0v) is 48.1. The molecule has 14 atom stereocenters. The number of aromatic nitrogens is 4. The number of carbonyl (C=O) groups excluding carboxylic acids is 3. The summed E-state index contributed by atoms with van der Waals surface area (Å²) in [6.45, 7) is 9.53. The first kappa shape index (κ1) is 56.8. The number of ketones is 2. The first-order valence-corrected chi connectivity index (χ1v) is 29.6. The molecule has 0 amide bonds. The quantitative estimate of drug-likeness (QED) is 0.0394. The van der Waals surface area contributed by atoms with Crippen LogP contribution < -0.4 is 0 Å². The average Bonchev–Trinajstić information content (AvgIpc) is 4.28. The third kappa shape index (κ3) is 8.81. The summed E-state index contributed by atoms with van der Waals surface area (Å²) in [6.07, 6.45) is 17.2. The van der Waals surface area contributed by atoms with Crippen molar-refractivity contribution in [2.75, 3.05) is 27.4 Å². The van der Waals surface area contributed by atoms with Crippen LogP contribution in [0.2, 0.25) is 0 Å². The molecule has 12 rings (SSSR count). The van der Waals surface area contributed by atoms with E-state index in [4.69, 9.17) is 19.7 Å². The van der Waals surface area contributed by atoms with Crippen molar-refractivity contribution >= 4 is 47.4 Å². The predicted octanol–water partition coefficient (Wildman–Crippen LogP) is 9.27. The van der Waals surface area contributed by atoms with E-state index < -0.39 is 45.3 Å². The molecule has 0 aliphatic heterocycles. The summed E-state index contributed by atoms with van der Waals surface area (Å²) in [5, 5.41) is 64.9. The number of rotatable bonds is 14. The standard InChI is InChI=1S/C32H40N2O6.C32H40N2O5S/c1-30-16-20-18-33-34(22-7-4-6-19(14-22)26(35)8-5-13-40-3)25(20)15-21(30)9-10-23-24-11-12-32(39,29(37)38)31(24,2)17-27(36)28(23)30;1-30-16-20-18-33-34(22-7-4-6-19(14-22)26(35)8-5-13-39-3)25(20)15-21(30)9-10-23-24-11-12-32(38,29(37)40)31(24,2)17-27(36)28(23)30/h4,6-7,14-15,18,23-24,27-28,36,39H,5,8-13,16-17H2,1-3H3,(H,37,38);4,6-7,14-15,18,23-24,27-28,36,38H,5,8-13,16-17H2,1-3H3,(H,37,40)/t2*23-,24-,27-,28+,30-,31-,32-/m00/s1. The first-order valence-electron chi connectivity index (χ1n) is 29.2. The Kier molecular flexibility index (Phi) is 14.9. The van der Waals surface area contributed by atoms with Gasteiger partial charge in [-0.3, -0.25) is 14.4 Å². The van der Waals surface area contributed by atoms with Crippen LogP contribution in [0.1, 0.15) is 161 Å². The summed E-state index contributed by atoms with van der Waals surface area (Å²) in [5.74, 6) is -0.316. The summed E-state index contributed by atoms with van der Waals surface area (Å²) >= 11 is 4.08. The lowest BCUT2D eigenvalue weighted by Crippen LogP contribution is -2.61. The number of carboxylic acids is 1. The lowest BCUT2D eigenvalue weighted by atomic mass is 9.45. The van der Waals surface area contributed by atoms with E-state index in [2.05, 4.69) is 38.6 Å². The van der Waals surface area contributed by atoms with E-state index in [-0.39, 0.29) is 64.3 Å².